The minimum absolute atomic E-state index is 0.298. The van der Waals surface area contributed by atoms with Crippen molar-refractivity contribution in [1.82, 2.24) is 14.8 Å². The fourth-order valence-electron chi connectivity index (χ4n) is 2.19. The number of rotatable bonds is 8. The maximum absolute atomic E-state index is 14.5. The molecule has 120 valence electrons. The predicted octanol–water partition coefficient (Wildman–Crippen LogP) is 3.84. The zero-order valence-electron chi connectivity index (χ0n) is 13.3. The quantitative estimate of drug-likeness (QED) is 0.547. The number of thioether (sulfide) groups is 1. The summed E-state index contributed by atoms with van der Waals surface area (Å²) in [5.74, 6) is 0.764. The number of halogens is 1. The third kappa shape index (κ3) is 4.00. The van der Waals surface area contributed by atoms with Crippen LogP contribution in [-0.2, 0) is 13.5 Å². The van der Waals surface area contributed by atoms with E-state index in [9.17, 15) is 4.39 Å². The van der Waals surface area contributed by atoms with Gasteiger partial charge in [0.05, 0.1) is 6.61 Å². The smallest absolute Gasteiger partial charge is 0.190 e. The van der Waals surface area contributed by atoms with E-state index in [1.807, 2.05) is 23.9 Å². The van der Waals surface area contributed by atoms with Crippen molar-refractivity contribution in [2.75, 3.05) is 12.9 Å². The van der Waals surface area contributed by atoms with Crippen molar-refractivity contribution in [3.05, 3.63) is 35.4 Å². The standard InChI is InChI=1S/C16H22FN3OS/c1-4-5-6-10-21-13-9-7-8-12(15(13)17)11-14-18-19-16(22-3)20(14)2/h7-9H,4-6,10-11H2,1-3H3. The van der Waals surface area contributed by atoms with Crippen molar-refractivity contribution in [2.24, 2.45) is 7.05 Å². The number of unbranched alkanes of at least 4 members (excludes halogenated alkanes) is 2. The molecule has 0 aliphatic carbocycles. The van der Waals surface area contributed by atoms with Crippen LogP contribution in [0.1, 0.15) is 37.6 Å². The molecule has 0 saturated heterocycles. The van der Waals surface area contributed by atoms with E-state index in [0.717, 1.165) is 30.2 Å². The Morgan fingerprint density at radius 2 is 2.09 bits per heavy atom. The third-order valence-corrected chi connectivity index (χ3v) is 4.23. The molecular formula is C16H22FN3OS. The molecule has 22 heavy (non-hydrogen) atoms. The van der Waals surface area contributed by atoms with Gasteiger partial charge in [0.15, 0.2) is 16.7 Å². The van der Waals surface area contributed by atoms with Gasteiger partial charge in [-0.25, -0.2) is 4.39 Å². The van der Waals surface area contributed by atoms with Gasteiger partial charge >= 0.3 is 0 Å². The van der Waals surface area contributed by atoms with E-state index in [2.05, 4.69) is 17.1 Å². The average Bonchev–Trinajstić information content (AvgIpc) is 2.87. The van der Waals surface area contributed by atoms with Gasteiger partial charge in [0.25, 0.3) is 0 Å². The van der Waals surface area contributed by atoms with Gasteiger partial charge in [0, 0.05) is 13.5 Å². The number of aromatic nitrogens is 3. The molecule has 1 aromatic heterocycles. The Kier molecular flexibility index (Phi) is 6.24. The van der Waals surface area contributed by atoms with Gasteiger partial charge in [-0.2, -0.15) is 0 Å². The van der Waals surface area contributed by atoms with E-state index in [-0.39, 0.29) is 5.82 Å². The van der Waals surface area contributed by atoms with Crippen molar-refractivity contribution in [2.45, 2.75) is 37.8 Å². The molecule has 0 amide bonds. The van der Waals surface area contributed by atoms with Crippen LogP contribution < -0.4 is 4.74 Å². The average molecular weight is 323 g/mol. The van der Waals surface area contributed by atoms with Crippen LogP contribution in [0.2, 0.25) is 0 Å². The Bertz CT molecular complexity index is 615. The molecule has 0 fully saturated rings. The molecule has 0 spiro atoms. The normalized spacial score (nSPS) is 10.9. The van der Waals surface area contributed by atoms with E-state index in [0.29, 0.717) is 24.3 Å². The number of nitrogens with zero attached hydrogens (tertiary/aromatic N) is 3. The molecule has 0 saturated carbocycles. The number of hydrogen-bond donors (Lipinski definition) is 0. The predicted molar refractivity (Wildman–Crippen MR) is 87.0 cm³/mol. The van der Waals surface area contributed by atoms with E-state index in [1.165, 1.54) is 11.8 Å². The van der Waals surface area contributed by atoms with Crippen molar-refractivity contribution < 1.29 is 9.13 Å². The first-order valence-electron chi connectivity index (χ1n) is 7.49. The number of ether oxygens (including phenoxy) is 1. The Labute approximate surface area is 135 Å². The molecule has 0 aliphatic rings. The highest BCUT2D eigenvalue weighted by molar-refractivity contribution is 7.98. The van der Waals surface area contributed by atoms with Crippen LogP contribution in [0.4, 0.5) is 4.39 Å². The molecule has 4 nitrogen and oxygen atoms in total. The van der Waals surface area contributed by atoms with Crippen LogP contribution in [0.25, 0.3) is 0 Å². The van der Waals surface area contributed by atoms with E-state index >= 15 is 0 Å². The molecular weight excluding hydrogens is 301 g/mol. The summed E-state index contributed by atoms with van der Waals surface area (Å²) in [5, 5.41) is 9.02. The molecule has 1 aromatic carbocycles. The lowest BCUT2D eigenvalue weighted by molar-refractivity contribution is 0.290. The highest BCUT2D eigenvalue weighted by Gasteiger charge is 2.14. The van der Waals surface area contributed by atoms with Crippen LogP contribution >= 0.6 is 11.8 Å². The summed E-state index contributed by atoms with van der Waals surface area (Å²) < 4.78 is 21.9. The molecule has 0 radical (unpaired) electrons. The molecule has 2 rings (SSSR count). The fourth-order valence-corrected chi connectivity index (χ4v) is 2.69. The van der Waals surface area contributed by atoms with Crippen LogP contribution in [0.3, 0.4) is 0 Å². The molecule has 0 N–H and O–H groups in total. The Balaban J connectivity index is 2.09. The summed E-state index contributed by atoms with van der Waals surface area (Å²) in [4.78, 5) is 0. The summed E-state index contributed by atoms with van der Waals surface area (Å²) in [6.07, 6.45) is 5.51. The maximum atomic E-state index is 14.5. The second-order valence-electron chi connectivity index (χ2n) is 5.12. The first-order chi connectivity index (χ1) is 10.7. The molecule has 0 unspecified atom stereocenters. The largest absolute Gasteiger partial charge is 0.491 e. The van der Waals surface area contributed by atoms with Crippen molar-refractivity contribution >= 4 is 11.8 Å². The second kappa shape index (κ2) is 8.17. The molecule has 0 aliphatic heterocycles. The first kappa shape index (κ1) is 16.8. The highest BCUT2D eigenvalue weighted by atomic mass is 32.2. The fraction of sp³-hybridized carbons (Fsp3) is 0.500. The SMILES string of the molecule is CCCCCOc1cccc(Cc2nnc(SC)n2C)c1F. The summed E-state index contributed by atoms with van der Waals surface area (Å²) in [6.45, 7) is 2.68. The lowest BCUT2D eigenvalue weighted by Crippen LogP contribution is -2.04. The highest BCUT2D eigenvalue weighted by Crippen LogP contribution is 2.23. The molecule has 0 bridgehead atoms. The lowest BCUT2D eigenvalue weighted by atomic mass is 10.1. The summed E-state index contributed by atoms with van der Waals surface area (Å²) >= 11 is 1.52. The third-order valence-electron chi connectivity index (χ3n) is 3.50. The van der Waals surface area contributed by atoms with Gasteiger partial charge in [-0.1, -0.05) is 43.7 Å². The monoisotopic (exact) mass is 323 g/mol. The van der Waals surface area contributed by atoms with Crippen molar-refractivity contribution in [1.29, 1.82) is 0 Å². The topological polar surface area (TPSA) is 39.9 Å². The van der Waals surface area contributed by atoms with E-state index < -0.39 is 0 Å². The minimum atomic E-state index is -0.298. The minimum Gasteiger partial charge on any atom is -0.491 e. The van der Waals surface area contributed by atoms with Gasteiger partial charge in [-0.15, -0.1) is 10.2 Å². The van der Waals surface area contributed by atoms with Gasteiger partial charge in [0.1, 0.15) is 5.82 Å². The molecule has 0 atom stereocenters. The van der Waals surface area contributed by atoms with E-state index in [4.69, 9.17) is 4.74 Å². The van der Waals surface area contributed by atoms with E-state index in [1.54, 1.807) is 12.1 Å². The number of benzene rings is 1. The number of hydrogen-bond acceptors (Lipinski definition) is 4. The zero-order valence-corrected chi connectivity index (χ0v) is 14.1. The Morgan fingerprint density at radius 1 is 1.27 bits per heavy atom. The summed E-state index contributed by atoms with van der Waals surface area (Å²) in [6, 6.07) is 5.26. The summed E-state index contributed by atoms with van der Waals surface area (Å²) in [7, 11) is 1.89. The van der Waals surface area contributed by atoms with Crippen LogP contribution in [-0.4, -0.2) is 27.6 Å². The molecule has 1 heterocycles. The lowest BCUT2D eigenvalue weighted by Gasteiger charge is -2.10. The van der Waals surface area contributed by atoms with Gasteiger partial charge in [-0.05, 0) is 24.3 Å². The Hall–Kier alpha value is -1.56. The van der Waals surface area contributed by atoms with Crippen molar-refractivity contribution in [3.63, 3.8) is 0 Å². The first-order valence-corrected chi connectivity index (χ1v) is 8.72. The van der Waals surface area contributed by atoms with Gasteiger partial charge < -0.3 is 9.30 Å². The summed E-state index contributed by atoms with van der Waals surface area (Å²) in [5.41, 5.74) is 0.580. The molecule has 6 heteroatoms. The zero-order chi connectivity index (χ0) is 15.9. The van der Waals surface area contributed by atoms with Crippen LogP contribution in [0.15, 0.2) is 23.4 Å². The Morgan fingerprint density at radius 3 is 2.77 bits per heavy atom. The van der Waals surface area contributed by atoms with Crippen LogP contribution in [0.5, 0.6) is 5.75 Å². The van der Waals surface area contributed by atoms with Crippen molar-refractivity contribution in [3.8, 4) is 5.75 Å². The van der Waals surface area contributed by atoms with Gasteiger partial charge in [0.2, 0.25) is 0 Å². The molecule has 2 aromatic rings. The maximum Gasteiger partial charge on any atom is 0.190 e. The second-order valence-corrected chi connectivity index (χ2v) is 5.90. The van der Waals surface area contributed by atoms with Crippen LogP contribution in [0, 0.1) is 5.82 Å². The van der Waals surface area contributed by atoms with Gasteiger partial charge in [-0.3, -0.25) is 0 Å².